The van der Waals surface area contributed by atoms with Gasteiger partial charge in [0.1, 0.15) is 28.7 Å². The summed E-state index contributed by atoms with van der Waals surface area (Å²) in [4.78, 5) is 0. The average molecular weight is 717 g/mol. The number of hydrogen-bond donors (Lipinski definition) is 0. The van der Waals surface area contributed by atoms with Crippen LogP contribution in [0.25, 0.3) is 0 Å². The molecule has 10 heteroatoms. The van der Waals surface area contributed by atoms with E-state index in [-0.39, 0.29) is 0 Å². The first-order chi connectivity index (χ1) is 24.3. The highest BCUT2D eigenvalue weighted by atomic mass is 31.2. The van der Waals surface area contributed by atoms with Gasteiger partial charge in [-0.3, -0.25) is 4.52 Å². The van der Waals surface area contributed by atoms with Crippen molar-refractivity contribution in [2.24, 2.45) is 5.92 Å². The van der Waals surface area contributed by atoms with Crippen LogP contribution in [0.15, 0.2) is 152 Å². The van der Waals surface area contributed by atoms with E-state index in [4.69, 9.17) is 27.1 Å². The van der Waals surface area contributed by atoms with Gasteiger partial charge in [-0.05, 0) is 73.0 Å². The molecule has 0 saturated heterocycles. The minimum atomic E-state index is -3.89. The lowest BCUT2D eigenvalue weighted by molar-refractivity contribution is 0.205. The third-order valence-electron chi connectivity index (χ3n) is 6.98. The van der Waals surface area contributed by atoms with Crippen LogP contribution in [-0.4, -0.2) is 6.61 Å². The van der Waals surface area contributed by atoms with Crippen molar-refractivity contribution in [3.8, 4) is 28.7 Å². The fourth-order valence-electron chi connectivity index (χ4n) is 4.54. The quantitative estimate of drug-likeness (QED) is 0.0616. The fourth-order valence-corrected chi connectivity index (χ4v) is 7.05. The molecule has 0 aliphatic heterocycles. The minimum absolute atomic E-state index is 0.348. The molecular formula is C40H46O8P2. The smallest absolute Gasteiger partial charge is 0.395 e. The van der Waals surface area contributed by atoms with Crippen molar-refractivity contribution in [1.29, 1.82) is 0 Å². The Morgan fingerprint density at radius 3 is 1.00 bits per heavy atom. The van der Waals surface area contributed by atoms with Crippen molar-refractivity contribution in [3.05, 3.63) is 152 Å². The van der Waals surface area contributed by atoms with Crippen LogP contribution in [-0.2, 0) is 13.7 Å². The van der Waals surface area contributed by atoms with Crippen LogP contribution in [0.3, 0.4) is 0 Å². The predicted octanol–water partition coefficient (Wildman–Crippen LogP) is 12.6. The first kappa shape index (κ1) is 38.3. The van der Waals surface area contributed by atoms with E-state index < -0.39 is 15.6 Å². The maximum Gasteiger partial charge on any atom is 0.647 e. The van der Waals surface area contributed by atoms with Gasteiger partial charge in [-0.2, -0.15) is 4.57 Å². The minimum Gasteiger partial charge on any atom is -0.395 e. The lowest BCUT2D eigenvalue weighted by Crippen LogP contribution is -2.07. The second-order valence-corrected chi connectivity index (χ2v) is 14.7. The summed E-state index contributed by atoms with van der Waals surface area (Å²) in [6.45, 7) is 4.86. The van der Waals surface area contributed by atoms with E-state index in [2.05, 4.69) is 13.8 Å². The normalized spacial score (nSPS) is 11.2. The molecule has 0 saturated carbocycles. The Morgan fingerprint density at radius 1 is 0.400 bits per heavy atom. The van der Waals surface area contributed by atoms with E-state index in [1.54, 1.807) is 97.1 Å². The second-order valence-electron chi connectivity index (χ2n) is 11.7. The fraction of sp³-hybridized carbons (Fsp3) is 0.250. The average Bonchev–Trinajstić information content (AvgIpc) is 3.11. The van der Waals surface area contributed by atoms with Crippen LogP contribution in [0.4, 0.5) is 0 Å². The van der Waals surface area contributed by atoms with Gasteiger partial charge in [0.15, 0.2) is 0 Å². The summed E-state index contributed by atoms with van der Waals surface area (Å²) >= 11 is 0. The zero-order valence-electron chi connectivity index (χ0n) is 28.6. The van der Waals surface area contributed by atoms with Crippen molar-refractivity contribution in [1.82, 2.24) is 0 Å². The van der Waals surface area contributed by atoms with E-state index in [0.717, 1.165) is 18.8 Å². The highest BCUT2D eigenvalue weighted by molar-refractivity contribution is 7.50. The van der Waals surface area contributed by atoms with E-state index in [1.165, 1.54) is 25.7 Å². The highest BCUT2D eigenvalue weighted by Crippen LogP contribution is 2.50. The largest absolute Gasteiger partial charge is 0.647 e. The SMILES string of the molecule is CC(C)CCCCCCCOP(=O)(Oc1ccccc1)Oc1ccccc1.O=P(Oc1ccccc1)(Oc1ccccc1)Oc1ccccc1. The van der Waals surface area contributed by atoms with Gasteiger partial charge in [-0.1, -0.05) is 137 Å². The highest BCUT2D eigenvalue weighted by Gasteiger charge is 2.33. The molecule has 0 spiro atoms. The van der Waals surface area contributed by atoms with E-state index in [0.29, 0.717) is 35.4 Å². The molecule has 5 aromatic carbocycles. The lowest BCUT2D eigenvalue weighted by atomic mass is 10.0. The summed E-state index contributed by atoms with van der Waals surface area (Å²) in [6, 6.07) is 44.3. The third kappa shape index (κ3) is 15.0. The molecular weight excluding hydrogens is 670 g/mol. The zero-order valence-corrected chi connectivity index (χ0v) is 30.4. The molecule has 0 unspecified atom stereocenters. The first-order valence-electron chi connectivity index (χ1n) is 16.9. The number of hydrogen-bond acceptors (Lipinski definition) is 8. The summed E-state index contributed by atoms with van der Waals surface area (Å²) < 4.78 is 59.5. The van der Waals surface area contributed by atoms with Crippen molar-refractivity contribution < 1.29 is 36.3 Å². The molecule has 0 amide bonds. The molecule has 8 nitrogen and oxygen atoms in total. The monoisotopic (exact) mass is 716 g/mol. The van der Waals surface area contributed by atoms with Gasteiger partial charge in [-0.25, -0.2) is 4.57 Å². The molecule has 50 heavy (non-hydrogen) atoms. The molecule has 5 aromatic rings. The molecule has 5 rings (SSSR count). The van der Waals surface area contributed by atoms with Crippen molar-refractivity contribution in [2.45, 2.75) is 52.4 Å². The predicted molar refractivity (Wildman–Crippen MR) is 199 cm³/mol. The van der Waals surface area contributed by atoms with Crippen molar-refractivity contribution in [3.63, 3.8) is 0 Å². The Balaban J connectivity index is 0.000000227. The zero-order chi connectivity index (χ0) is 35.3. The van der Waals surface area contributed by atoms with Gasteiger partial charge in [0.25, 0.3) is 0 Å². The van der Waals surface area contributed by atoms with E-state index >= 15 is 0 Å². The summed E-state index contributed by atoms with van der Waals surface area (Å²) in [6.07, 6.45) is 6.83. The summed E-state index contributed by atoms with van der Waals surface area (Å²) in [5.41, 5.74) is 0. The Kier molecular flexibility index (Phi) is 16.0. The molecule has 0 bridgehead atoms. The molecule has 0 fully saturated rings. The summed E-state index contributed by atoms with van der Waals surface area (Å²) in [5, 5.41) is 0. The maximum absolute atomic E-state index is 13.1. The third-order valence-corrected chi connectivity index (χ3v) is 9.65. The molecule has 0 aliphatic carbocycles. The molecule has 0 atom stereocenters. The van der Waals surface area contributed by atoms with Crippen molar-refractivity contribution in [2.75, 3.05) is 6.61 Å². The maximum atomic E-state index is 13.1. The standard InChI is InChI=1S/C22H31O4P.C18H15O4P/c1-20(2)14-8-4-3-5-13-19-24-27(23,25-21-15-9-6-10-16-21)26-22-17-11-7-12-18-22;19-23(20-16-10-4-1-5-11-16,21-17-12-6-2-7-13-17)22-18-14-8-3-9-15-18/h6-7,9-12,15-18,20H,3-5,8,13-14,19H2,1-2H3;1-15H. The van der Waals surface area contributed by atoms with E-state index in [1.807, 2.05) is 54.6 Å². The number of phosphoric ester groups is 2. The molecule has 0 radical (unpaired) electrons. The molecule has 264 valence electrons. The molecule has 0 aliphatic rings. The summed E-state index contributed by atoms with van der Waals surface area (Å²) in [5.74, 6) is 2.91. The second kappa shape index (κ2) is 20.9. The van der Waals surface area contributed by atoms with Crippen LogP contribution >= 0.6 is 15.6 Å². The van der Waals surface area contributed by atoms with Crippen LogP contribution in [0.2, 0.25) is 0 Å². The number of unbranched alkanes of at least 4 members (excludes halogenated alkanes) is 4. The van der Waals surface area contributed by atoms with Gasteiger partial charge in [0.2, 0.25) is 0 Å². The number of benzene rings is 5. The molecule has 0 N–H and O–H groups in total. The molecule has 0 aromatic heterocycles. The first-order valence-corrected chi connectivity index (χ1v) is 19.8. The van der Waals surface area contributed by atoms with E-state index in [9.17, 15) is 9.13 Å². The van der Waals surface area contributed by atoms with Crippen molar-refractivity contribution >= 4 is 15.6 Å². The number of para-hydroxylation sites is 5. The lowest BCUT2D eigenvalue weighted by Gasteiger charge is -2.19. The Bertz CT molecular complexity index is 1550. The van der Waals surface area contributed by atoms with Gasteiger partial charge < -0.3 is 22.6 Å². The van der Waals surface area contributed by atoms with Gasteiger partial charge in [0, 0.05) is 0 Å². The van der Waals surface area contributed by atoms with Crippen LogP contribution in [0, 0.1) is 5.92 Å². The number of phosphoric acid groups is 2. The van der Waals surface area contributed by atoms with Crippen LogP contribution in [0.5, 0.6) is 28.7 Å². The van der Waals surface area contributed by atoms with Crippen LogP contribution < -0.4 is 22.6 Å². The molecule has 0 heterocycles. The Morgan fingerprint density at radius 2 is 0.680 bits per heavy atom. The topological polar surface area (TPSA) is 89.5 Å². The van der Waals surface area contributed by atoms with Gasteiger partial charge >= 0.3 is 15.6 Å². The Labute approximate surface area is 296 Å². The summed E-state index contributed by atoms with van der Waals surface area (Å²) in [7, 11) is -7.62. The number of rotatable bonds is 19. The Hall–Kier alpha value is -4.48. The van der Waals surface area contributed by atoms with Crippen LogP contribution in [0.1, 0.15) is 52.4 Å². The van der Waals surface area contributed by atoms with Gasteiger partial charge in [-0.15, -0.1) is 0 Å². The van der Waals surface area contributed by atoms with Gasteiger partial charge in [0.05, 0.1) is 6.61 Å².